The summed E-state index contributed by atoms with van der Waals surface area (Å²) in [5.41, 5.74) is 6.07. The second-order valence-electron chi connectivity index (χ2n) is 5.32. The number of hydrogen-bond donors (Lipinski definition) is 3. The Balaban J connectivity index is 2.15. The fourth-order valence-electron chi connectivity index (χ4n) is 2.23. The van der Waals surface area contributed by atoms with Crippen LogP contribution >= 0.6 is 0 Å². The lowest BCUT2D eigenvalue weighted by molar-refractivity contribution is -0.139. The van der Waals surface area contributed by atoms with E-state index in [1.807, 2.05) is 30.3 Å². The molecule has 0 unspecified atom stereocenters. The highest BCUT2D eigenvalue weighted by molar-refractivity contribution is 5.98. The highest BCUT2D eigenvalue weighted by Gasteiger charge is 2.23. The average Bonchev–Trinajstić information content (AvgIpc) is 2.93. The Hall–Kier alpha value is -3.09. The first-order valence-corrected chi connectivity index (χ1v) is 7.36. The topological polar surface area (TPSA) is 123 Å². The second kappa shape index (κ2) is 7.45. The standard InChI is InChI=1S/C17H18N2O5/c1-10-12(9-14(24-10)11-5-3-2-4-6-11)16(21)19-13(17(22)23)7-8-15(18)20/h2-6,9,13H,7-8H2,1H3,(H2,18,20)(H,19,21)(H,22,23)/t13-/m0/s1. The molecule has 1 aromatic carbocycles. The molecule has 2 rings (SSSR count). The SMILES string of the molecule is Cc1oc(-c2ccccc2)cc1C(=O)N[C@@H](CCC(N)=O)C(=O)O. The number of benzene rings is 1. The van der Waals surface area contributed by atoms with Gasteiger partial charge in [-0.15, -0.1) is 0 Å². The molecule has 0 radical (unpaired) electrons. The van der Waals surface area contributed by atoms with Gasteiger partial charge < -0.3 is 20.6 Å². The van der Waals surface area contributed by atoms with Crippen LogP contribution in [0.4, 0.5) is 0 Å². The summed E-state index contributed by atoms with van der Waals surface area (Å²) < 4.78 is 5.58. The maximum atomic E-state index is 12.3. The van der Waals surface area contributed by atoms with Gasteiger partial charge >= 0.3 is 5.97 Å². The third-order valence-electron chi connectivity index (χ3n) is 3.50. The minimum atomic E-state index is -1.23. The fraction of sp³-hybridized carbons (Fsp3) is 0.235. The van der Waals surface area contributed by atoms with Gasteiger partial charge in [-0.2, -0.15) is 0 Å². The first-order chi connectivity index (χ1) is 11.4. The van der Waals surface area contributed by atoms with Crippen molar-refractivity contribution in [3.8, 4) is 11.3 Å². The van der Waals surface area contributed by atoms with Gasteiger partial charge in [0.05, 0.1) is 5.56 Å². The largest absolute Gasteiger partial charge is 0.480 e. The molecule has 4 N–H and O–H groups in total. The molecule has 0 spiro atoms. The number of aliphatic carboxylic acids is 1. The molecule has 126 valence electrons. The Morgan fingerprint density at radius 3 is 2.50 bits per heavy atom. The number of carboxylic acid groups (broad SMARTS) is 1. The number of carbonyl (C=O) groups excluding carboxylic acids is 2. The number of primary amides is 1. The number of nitrogens with two attached hydrogens (primary N) is 1. The molecule has 2 amide bonds. The van der Waals surface area contributed by atoms with E-state index < -0.39 is 23.8 Å². The molecular weight excluding hydrogens is 312 g/mol. The predicted octanol–water partition coefficient (Wildman–Crippen LogP) is 1.70. The van der Waals surface area contributed by atoms with Crippen molar-refractivity contribution < 1.29 is 23.9 Å². The van der Waals surface area contributed by atoms with Crippen LogP contribution in [0.25, 0.3) is 11.3 Å². The van der Waals surface area contributed by atoms with E-state index in [4.69, 9.17) is 15.3 Å². The van der Waals surface area contributed by atoms with Crippen LogP contribution in [-0.4, -0.2) is 28.9 Å². The number of nitrogens with one attached hydrogen (secondary N) is 1. The number of rotatable bonds is 7. The van der Waals surface area contributed by atoms with Crippen molar-refractivity contribution in [2.45, 2.75) is 25.8 Å². The van der Waals surface area contributed by atoms with Gasteiger partial charge in [-0.05, 0) is 19.4 Å². The Labute approximate surface area is 138 Å². The van der Waals surface area contributed by atoms with Gasteiger partial charge in [0.15, 0.2) is 0 Å². The molecule has 7 nitrogen and oxygen atoms in total. The van der Waals surface area contributed by atoms with Crippen molar-refractivity contribution in [2.75, 3.05) is 0 Å². The Morgan fingerprint density at radius 1 is 1.25 bits per heavy atom. The van der Waals surface area contributed by atoms with Crippen LogP contribution in [0.3, 0.4) is 0 Å². The van der Waals surface area contributed by atoms with Crippen molar-refractivity contribution in [1.82, 2.24) is 5.32 Å². The lowest BCUT2D eigenvalue weighted by Crippen LogP contribution is -2.41. The first kappa shape index (κ1) is 17.3. The van der Waals surface area contributed by atoms with Crippen LogP contribution in [-0.2, 0) is 9.59 Å². The van der Waals surface area contributed by atoms with Gasteiger partial charge in [0, 0.05) is 12.0 Å². The number of carbonyl (C=O) groups is 3. The number of aryl methyl sites for hydroxylation is 1. The summed E-state index contributed by atoms with van der Waals surface area (Å²) in [7, 11) is 0. The Morgan fingerprint density at radius 2 is 1.92 bits per heavy atom. The molecule has 0 saturated carbocycles. The van der Waals surface area contributed by atoms with Gasteiger partial charge in [0.1, 0.15) is 17.6 Å². The van der Waals surface area contributed by atoms with Crippen molar-refractivity contribution >= 4 is 17.8 Å². The highest BCUT2D eigenvalue weighted by atomic mass is 16.4. The summed E-state index contributed by atoms with van der Waals surface area (Å²) in [4.78, 5) is 34.3. The predicted molar refractivity (Wildman–Crippen MR) is 86.2 cm³/mol. The molecule has 1 heterocycles. The Bertz CT molecular complexity index is 752. The zero-order chi connectivity index (χ0) is 17.7. The van der Waals surface area contributed by atoms with Gasteiger partial charge in [-0.1, -0.05) is 30.3 Å². The zero-order valence-electron chi connectivity index (χ0n) is 13.1. The number of furan rings is 1. The van der Waals surface area contributed by atoms with Crippen LogP contribution in [0.1, 0.15) is 29.0 Å². The van der Waals surface area contributed by atoms with Crippen molar-refractivity contribution in [2.24, 2.45) is 5.73 Å². The lowest BCUT2D eigenvalue weighted by atomic mass is 10.1. The van der Waals surface area contributed by atoms with E-state index in [-0.39, 0.29) is 18.4 Å². The molecule has 0 bridgehead atoms. The van der Waals surface area contributed by atoms with Crippen LogP contribution in [0, 0.1) is 6.92 Å². The summed E-state index contributed by atoms with van der Waals surface area (Å²) in [5.74, 6) is -1.53. The molecule has 0 aliphatic carbocycles. The Kier molecular flexibility index (Phi) is 5.36. The van der Waals surface area contributed by atoms with E-state index in [9.17, 15) is 14.4 Å². The molecule has 24 heavy (non-hydrogen) atoms. The van der Waals surface area contributed by atoms with Gasteiger partial charge in [0.25, 0.3) is 5.91 Å². The van der Waals surface area contributed by atoms with Gasteiger partial charge in [-0.25, -0.2) is 4.79 Å². The van der Waals surface area contributed by atoms with Crippen molar-refractivity contribution in [1.29, 1.82) is 0 Å². The van der Waals surface area contributed by atoms with E-state index in [1.54, 1.807) is 13.0 Å². The third kappa shape index (κ3) is 4.22. The molecule has 2 aromatic rings. The van der Waals surface area contributed by atoms with Gasteiger partial charge in [-0.3, -0.25) is 9.59 Å². The highest BCUT2D eigenvalue weighted by Crippen LogP contribution is 2.25. The van der Waals surface area contributed by atoms with Crippen LogP contribution in [0.15, 0.2) is 40.8 Å². The van der Waals surface area contributed by atoms with E-state index in [0.717, 1.165) is 5.56 Å². The molecule has 7 heteroatoms. The van der Waals surface area contributed by atoms with Crippen molar-refractivity contribution in [3.05, 3.63) is 47.7 Å². The maximum absolute atomic E-state index is 12.3. The molecule has 0 fully saturated rings. The summed E-state index contributed by atoms with van der Waals surface area (Å²) in [6, 6.07) is 9.60. The number of carboxylic acids is 1. The molecule has 1 aromatic heterocycles. The minimum Gasteiger partial charge on any atom is -0.480 e. The van der Waals surface area contributed by atoms with Crippen LogP contribution < -0.4 is 11.1 Å². The zero-order valence-corrected chi connectivity index (χ0v) is 13.1. The molecular formula is C17H18N2O5. The van der Waals surface area contributed by atoms with Crippen molar-refractivity contribution in [3.63, 3.8) is 0 Å². The fourth-order valence-corrected chi connectivity index (χ4v) is 2.23. The smallest absolute Gasteiger partial charge is 0.326 e. The summed E-state index contributed by atoms with van der Waals surface area (Å²) >= 11 is 0. The third-order valence-corrected chi connectivity index (χ3v) is 3.50. The number of hydrogen-bond acceptors (Lipinski definition) is 4. The second-order valence-corrected chi connectivity index (χ2v) is 5.32. The molecule has 0 saturated heterocycles. The number of amides is 2. The van der Waals surface area contributed by atoms with E-state index in [0.29, 0.717) is 11.5 Å². The first-order valence-electron chi connectivity index (χ1n) is 7.36. The van der Waals surface area contributed by atoms with Gasteiger partial charge in [0.2, 0.25) is 5.91 Å². The normalized spacial score (nSPS) is 11.7. The monoisotopic (exact) mass is 330 g/mol. The van der Waals surface area contributed by atoms with E-state index >= 15 is 0 Å². The summed E-state index contributed by atoms with van der Waals surface area (Å²) in [6.45, 7) is 1.63. The summed E-state index contributed by atoms with van der Waals surface area (Å²) in [6.07, 6.45) is -0.199. The van der Waals surface area contributed by atoms with Crippen LogP contribution in [0.2, 0.25) is 0 Å². The minimum absolute atomic E-state index is 0.0706. The molecule has 0 aliphatic heterocycles. The van der Waals surface area contributed by atoms with E-state index in [2.05, 4.69) is 5.32 Å². The lowest BCUT2D eigenvalue weighted by Gasteiger charge is -2.13. The molecule has 0 aliphatic rings. The average molecular weight is 330 g/mol. The maximum Gasteiger partial charge on any atom is 0.326 e. The summed E-state index contributed by atoms with van der Waals surface area (Å²) in [5, 5.41) is 11.5. The molecule has 1 atom stereocenters. The van der Waals surface area contributed by atoms with E-state index in [1.165, 1.54) is 0 Å². The van der Waals surface area contributed by atoms with Crippen LogP contribution in [0.5, 0.6) is 0 Å². The quantitative estimate of drug-likeness (QED) is 0.713.